The van der Waals surface area contributed by atoms with Crippen molar-refractivity contribution in [2.75, 3.05) is 5.32 Å². The molecule has 1 aromatic rings. The summed E-state index contributed by atoms with van der Waals surface area (Å²) < 4.78 is 38.0. The molecule has 0 radical (unpaired) electrons. The van der Waals surface area contributed by atoms with E-state index in [1.165, 1.54) is 6.07 Å². The van der Waals surface area contributed by atoms with Crippen LogP contribution in [0.4, 0.5) is 23.7 Å². The number of phenols is 1. The van der Waals surface area contributed by atoms with Crippen LogP contribution < -0.4 is 10.6 Å². The van der Waals surface area contributed by atoms with Crippen molar-refractivity contribution in [2.24, 2.45) is 0 Å². The molecular formula is C12H11F3N2O4. The smallest absolute Gasteiger partial charge is 0.411 e. The molecule has 1 aliphatic rings. The molecule has 114 valence electrons. The molecular weight excluding hydrogens is 293 g/mol. The average molecular weight is 304 g/mol. The second-order valence-corrected chi connectivity index (χ2v) is 4.70. The van der Waals surface area contributed by atoms with Gasteiger partial charge in [0.1, 0.15) is 16.9 Å². The summed E-state index contributed by atoms with van der Waals surface area (Å²) in [5.41, 5.74) is -2.71. The lowest BCUT2D eigenvalue weighted by Crippen LogP contribution is -2.49. The van der Waals surface area contributed by atoms with Crippen LogP contribution >= 0.6 is 0 Å². The molecule has 4 N–H and O–H groups in total. The van der Waals surface area contributed by atoms with Crippen LogP contribution in [0.15, 0.2) is 18.2 Å². The number of aromatic carboxylic acids is 1. The highest BCUT2D eigenvalue weighted by molar-refractivity contribution is 5.95. The number of hydrogen-bond acceptors (Lipinski definition) is 3. The Morgan fingerprint density at radius 1 is 1.24 bits per heavy atom. The first-order valence-electron chi connectivity index (χ1n) is 5.87. The fourth-order valence-electron chi connectivity index (χ4n) is 1.77. The lowest BCUT2D eigenvalue weighted by Gasteiger charge is -2.21. The van der Waals surface area contributed by atoms with E-state index < -0.39 is 35.0 Å². The van der Waals surface area contributed by atoms with Gasteiger partial charge in [-0.15, -0.1) is 0 Å². The Morgan fingerprint density at radius 2 is 1.86 bits per heavy atom. The van der Waals surface area contributed by atoms with Gasteiger partial charge in [0.2, 0.25) is 0 Å². The van der Waals surface area contributed by atoms with Crippen molar-refractivity contribution >= 4 is 17.7 Å². The summed E-state index contributed by atoms with van der Waals surface area (Å²) in [6.07, 6.45) is -4.93. The Hall–Kier alpha value is -2.45. The summed E-state index contributed by atoms with van der Waals surface area (Å²) in [6, 6.07) is 2.06. The zero-order chi connectivity index (χ0) is 15.8. The molecule has 0 aromatic heterocycles. The minimum absolute atomic E-state index is 0.0410. The van der Waals surface area contributed by atoms with E-state index in [4.69, 9.17) is 5.11 Å². The molecule has 1 aliphatic carbocycles. The quantitative estimate of drug-likeness (QED) is 0.644. The summed E-state index contributed by atoms with van der Waals surface area (Å²) >= 11 is 0. The van der Waals surface area contributed by atoms with Gasteiger partial charge in [-0.2, -0.15) is 13.2 Å². The topological polar surface area (TPSA) is 98.7 Å². The van der Waals surface area contributed by atoms with E-state index in [0.29, 0.717) is 0 Å². The first kappa shape index (κ1) is 14.9. The van der Waals surface area contributed by atoms with Gasteiger partial charge in [0.05, 0.1) is 0 Å². The number of carbonyl (C=O) groups is 2. The minimum atomic E-state index is -4.54. The van der Waals surface area contributed by atoms with E-state index in [1.807, 2.05) is 5.32 Å². The molecule has 0 heterocycles. The van der Waals surface area contributed by atoms with Crippen LogP contribution in [0.1, 0.15) is 23.2 Å². The first-order chi connectivity index (χ1) is 9.64. The molecule has 0 saturated heterocycles. The summed E-state index contributed by atoms with van der Waals surface area (Å²) in [7, 11) is 0. The van der Waals surface area contributed by atoms with Crippen LogP contribution in [-0.2, 0) is 0 Å². The average Bonchev–Trinajstić information content (AvgIpc) is 3.11. The predicted octanol–water partition coefficient (Wildman–Crippen LogP) is 2.31. The van der Waals surface area contributed by atoms with E-state index in [9.17, 15) is 27.9 Å². The molecule has 6 nitrogen and oxygen atoms in total. The van der Waals surface area contributed by atoms with E-state index in [1.54, 1.807) is 0 Å². The maximum atomic E-state index is 12.7. The fraction of sp³-hybridized carbons (Fsp3) is 0.333. The maximum absolute atomic E-state index is 12.7. The molecule has 9 heteroatoms. The number of hydrogen-bond donors (Lipinski definition) is 4. The number of benzene rings is 1. The minimum Gasteiger partial charge on any atom is -0.507 e. The Bertz CT molecular complexity index is 597. The molecule has 2 rings (SSSR count). The van der Waals surface area contributed by atoms with Gasteiger partial charge in [-0.3, -0.25) is 0 Å². The van der Waals surface area contributed by atoms with E-state index in [-0.39, 0.29) is 18.5 Å². The number of anilines is 1. The number of halogens is 3. The Labute approximate surface area is 116 Å². The zero-order valence-corrected chi connectivity index (χ0v) is 10.5. The number of amides is 2. The van der Waals surface area contributed by atoms with Gasteiger partial charge in [0, 0.05) is 5.69 Å². The normalized spacial score (nSPS) is 16.1. The van der Waals surface area contributed by atoms with Crippen molar-refractivity contribution < 1.29 is 33.0 Å². The summed E-state index contributed by atoms with van der Waals surface area (Å²) in [6.45, 7) is 0. The summed E-state index contributed by atoms with van der Waals surface area (Å²) in [5.74, 6) is -1.94. The molecule has 1 aromatic carbocycles. The van der Waals surface area contributed by atoms with E-state index in [2.05, 4.69) is 5.32 Å². The number of urea groups is 1. The third-order valence-corrected chi connectivity index (χ3v) is 3.13. The molecule has 1 fully saturated rings. The number of carbonyl (C=O) groups excluding carboxylic acids is 1. The van der Waals surface area contributed by atoms with Gasteiger partial charge in [-0.25, -0.2) is 9.59 Å². The van der Waals surface area contributed by atoms with Gasteiger partial charge in [0.25, 0.3) is 0 Å². The third-order valence-electron chi connectivity index (χ3n) is 3.13. The number of rotatable bonds is 3. The molecule has 0 aliphatic heterocycles. The Balaban J connectivity index is 2.07. The standard InChI is InChI=1S/C12H11F3N2O4/c13-12(14,15)11(3-4-11)17-10(21)16-6-1-2-8(18)7(5-6)9(19)20/h1-2,5,18H,3-4H2,(H,19,20)(H2,16,17,21). The SMILES string of the molecule is O=C(Nc1ccc(O)c(C(=O)O)c1)NC1(C(F)(F)F)CC1. The van der Waals surface area contributed by atoms with E-state index in [0.717, 1.165) is 12.1 Å². The first-order valence-corrected chi connectivity index (χ1v) is 5.87. The fourth-order valence-corrected chi connectivity index (χ4v) is 1.77. The molecule has 0 unspecified atom stereocenters. The van der Waals surface area contributed by atoms with Crippen molar-refractivity contribution in [3.8, 4) is 5.75 Å². The van der Waals surface area contributed by atoms with Crippen LogP contribution in [0.2, 0.25) is 0 Å². The van der Waals surface area contributed by atoms with Crippen molar-refractivity contribution in [2.45, 2.75) is 24.6 Å². The monoisotopic (exact) mass is 304 g/mol. The largest absolute Gasteiger partial charge is 0.507 e. The van der Waals surface area contributed by atoms with Crippen molar-refractivity contribution in [1.29, 1.82) is 0 Å². The van der Waals surface area contributed by atoms with Crippen molar-refractivity contribution in [1.82, 2.24) is 5.32 Å². The summed E-state index contributed by atoms with van der Waals surface area (Å²) in [5, 5.41) is 22.0. The predicted molar refractivity (Wildman–Crippen MR) is 65.2 cm³/mol. The van der Waals surface area contributed by atoms with Gasteiger partial charge >= 0.3 is 18.2 Å². The number of nitrogens with one attached hydrogen (secondary N) is 2. The molecule has 0 atom stereocenters. The van der Waals surface area contributed by atoms with Crippen LogP contribution in [0.5, 0.6) is 5.75 Å². The van der Waals surface area contributed by atoms with Crippen LogP contribution in [0, 0.1) is 0 Å². The number of carboxylic acid groups (broad SMARTS) is 1. The lowest BCUT2D eigenvalue weighted by molar-refractivity contribution is -0.162. The van der Waals surface area contributed by atoms with Gasteiger partial charge in [-0.05, 0) is 31.0 Å². The Kier molecular flexibility index (Phi) is 3.44. The number of aromatic hydroxyl groups is 1. The zero-order valence-electron chi connectivity index (χ0n) is 10.5. The molecule has 2 amide bonds. The van der Waals surface area contributed by atoms with Crippen molar-refractivity contribution in [3.63, 3.8) is 0 Å². The highest BCUT2D eigenvalue weighted by Crippen LogP contribution is 2.48. The van der Waals surface area contributed by atoms with Gasteiger partial charge in [0.15, 0.2) is 0 Å². The lowest BCUT2D eigenvalue weighted by atomic mass is 10.2. The third kappa shape index (κ3) is 3.01. The number of carboxylic acids is 1. The highest BCUT2D eigenvalue weighted by atomic mass is 19.4. The van der Waals surface area contributed by atoms with Crippen LogP contribution in [0.25, 0.3) is 0 Å². The molecule has 0 bridgehead atoms. The maximum Gasteiger partial charge on any atom is 0.411 e. The molecule has 1 saturated carbocycles. The Morgan fingerprint density at radius 3 is 2.33 bits per heavy atom. The van der Waals surface area contributed by atoms with E-state index >= 15 is 0 Å². The van der Waals surface area contributed by atoms with Crippen LogP contribution in [-0.4, -0.2) is 33.9 Å². The van der Waals surface area contributed by atoms with Crippen molar-refractivity contribution in [3.05, 3.63) is 23.8 Å². The van der Waals surface area contributed by atoms with Gasteiger partial charge in [-0.1, -0.05) is 0 Å². The summed E-state index contributed by atoms with van der Waals surface area (Å²) in [4.78, 5) is 22.3. The molecule has 0 spiro atoms. The van der Waals surface area contributed by atoms with Crippen LogP contribution in [0.3, 0.4) is 0 Å². The second kappa shape index (κ2) is 4.83. The van der Waals surface area contributed by atoms with Gasteiger partial charge < -0.3 is 20.8 Å². The molecule has 21 heavy (non-hydrogen) atoms. The number of alkyl halides is 3. The highest BCUT2D eigenvalue weighted by Gasteiger charge is 2.64. The second-order valence-electron chi connectivity index (χ2n) is 4.70.